The van der Waals surface area contributed by atoms with E-state index < -0.39 is 17.7 Å². The molecule has 252 valence electrons. The van der Waals surface area contributed by atoms with Crippen LogP contribution < -0.4 is 16.0 Å². The minimum atomic E-state index is -0.893. The highest BCUT2D eigenvalue weighted by Crippen LogP contribution is 2.34. The van der Waals surface area contributed by atoms with E-state index in [1.807, 2.05) is 60.0 Å². The van der Waals surface area contributed by atoms with Crippen molar-refractivity contribution in [2.24, 2.45) is 0 Å². The Labute approximate surface area is 282 Å². The van der Waals surface area contributed by atoms with Crippen LogP contribution in [0.15, 0.2) is 79.0 Å². The van der Waals surface area contributed by atoms with Gasteiger partial charge in [-0.25, -0.2) is 14.2 Å². The van der Waals surface area contributed by atoms with Crippen LogP contribution in [-0.2, 0) is 22.5 Å². The summed E-state index contributed by atoms with van der Waals surface area (Å²) in [6, 6.07) is 21.2. The van der Waals surface area contributed by atoms with Gasteiger partial charge in [-0.1, -0.05) is 49.6 Å². The number of carbonyl (C=O) groups excluding carboxylic acids is 2. The Morgan fingerprint density at radius 1 is 0.938 bits per heavy atom. The molecule has 2 heterocycles. The number of carbonyl (C=O) groups is 2. The van der Waals surface area contributed by atoms with Crippen molar-refractivity contribution in [2.45, 2.75) is 78.5 Å². The number of unbranched alkanes of at least 4 members (excludes halogenated alkanes) is 2. The van der Waals surface area contributed by atoms with Gasteiger partial charge < -0.3 is 25.6 Å². The third-order valence-corrected chi connectivity index (χ3v) is 7.90. The smallest absolute Gasteiger partial charge is 0.408 e. The average molecular weight is 653 g/mol. The molecule has 10 heteroatoms. The lowest BCUT2D eigenvalue weighted by molar-refractivity contribution is -0.131. The molecule has 9 nitrogen and oxygen atoms in total. The summed E-state index contributed by atoms with van der Waals surface area (Å²) in [4.78, 5) is 33.5. The van der Waals surface area contributed by atoms with Gasteiger partial charge in [0.15, 0.2) is 0 Å². The molecular formula is C38H45FN6O3. The summed E-state index contributed by atoms with van der Waals surface area (Å²) in [6.45, 7) is 10.6. The van der Waals surface area contributed by atoms with Crippen LogP contribution in [0, 0.1) is 12.7 Å². The zero-order valence-corrected chi connectivity index (χ0v) is 28.3. The molecule has 1 aliphatic heterocycles. The van der Waals surface area contributed by atoms with Gasteiger partial charge in [0.05, 0.1) is 6.54 Å². The van der Waals surface area contributed by atoms with Gasteiger partial charge in [0.1, 0.15) is 34.8 Å². The Balaban J connectivity index is 1.39. The maximum atomic E-state index is 14.1. The summed E-state index contributed by atoms with van der Waals surface area (Å²) in [5.41, 5.74) is 4.53. The van der Waals surface area contributed by atoms with Gasteiger partial charge in [0, 0.05) is 42.3 Å². The summed E-state index contributed by atoms with van der Waals surface area (Å²) in [5, 5.41) is 9.71. The molecule has 1 unspecified atom stereocenters. The number of halogens is 1. The molecule has 4 aromatic rings. The van der Waals surface area contributed by atoms with Crippen LogP contribution in [-0.4, -0.2) is 44.6 Å². The first-order valence-corrected chi connectivity index (χ1v) is 16.5. The summed E-state index contributed by atoms with van der Waals surface area (Å²) in [5.74, 6) is 0.656. The number of nitrogens with zero attached hydrogens (tertiary/aromatic N) is 3. The first kappa shape index (κ1) is 34.2. The van der Waals surface area contributed by atoms with Crippen LogP contribution in [0.5, 0.6) is 0 Å². The second-order valence-corrected chi connectivity index (χ2v) is 13.1. The van der Waals surface area contributed by atoms with Crippen molar-refractivity contribution in [2.75, 3.05) is 17.2 Å². The fourth-order valence-electron chi connectivity index (χ4n) is 5.41. The van der Waals surface area contributed by atoms with Crippen molar-refractivity contribution < 1.29 is 18.7 Å². The zero-order valence-electron chi connectivity index (χ0n) is 28.3. The topological polar surface area (TPSA) is 101 Å². The summed E-state index contributed by atoms with van der Waals surface area (Å²) in [7, 11) is 0. The van der Waals surface area contributed by atoms with Crippen molar-refractivity contribution >= 4 is 35.4 Å². The molecule has 2 amide bonds. The minimum absolute atomic E-state index is 0.159. The average Bonchev–Trinajstić information content (AvgIpc) is 3.41. The van der Waals surface area contributed by atoms with Crippen molar-refractivity contribution in [1.82, 2.24) is 19.8 Å². The lowest BCUT2D eigenvalue weighted by atomic mass is 10.0. The number of benzene rings is 3. The van der Waals surface area contributed by atoms with E-state index in [9.17, 15) is 14.0 Å². The van der Waals surface area contributed by atoms with Gasteiger partial charge in [0.25, 0.3) is 0 Å². The Hall–Kier alpha value is -5.12. The molecule has 0 fully saturated rings. The normalized spacial score (nSPS) is 13.1. The maximum Gasteiger partial charge on any atom is 0.408 e. The number of hydrogen-bond donors (Lipinski definition) is 3. The van der Waals surface area contributed by atoms with Crippen LogP contribution in [0.2, 0.25) is 0 Å². The second-order valence-electron chi connectivity index (χ2n) is 13.1. The van der Waals surface area contributed by atoms with Gasteiger partial charge in [-0.2, -0.15) is 0 Å². The van der Waals surface area contributed by atoms with Crippen LogP contribution in [0.1, 0.15) is 63.9 Å². The Bertz CT molecular complexity index is 1720. The predicted molar refractivity (Wildman–Crippen MR) is 189 cm³/mol. The largest absolute Gasteiger partial charge is 0.444 e. The van der Waals surface area contributed by atoms with E-state index in [2.05, 4.69) is 22.9 Å². The number of anilines is 3. The molecule has 1 atom stereocenters. The Morgan fingerprint density at radius 2 is 1.62 bits per heavy atom. The standard InChI is InChI=1S/C38H45FN6O3/c1-6-7-8-21-40-30-19-11-27(12-20-30)24-32(42-37(47)48-38(3,4)5)36(46)44-22-23-45-33(25-44)43-34(28-13-15-29(39)16-14-28)35(45)41-31-17-9-26(2)10-18-31/h9-20,22-23,32,40-41H,6-8,21,24-25H2,1-5H3,(H,42,47). The fourth-order valence-corrected chi connectivity index (χ4v) is 5.41. The Morgan fingerprint density at radius 3 is 2.29 bits per heavy atom. The molecule has 3 aromatic carbocycles. The quantitative estimate of drug-likeness (QED) is 0.133. The van der Waals surface area contributed by atoms with Crippen LogP contribution in [0.3, 0.4) is 0 Å². The monoisotopic (exact) mass is 652 g/mol. The van der Waals surface area contributed by atoms with Gasteiger partial charge in [-0.3, -0.25) is 9.36 Å². The second kappa shape index (κ2) is 15.2. The molecule has 48 heavy (non-hydrogen) atoms. The molecule has 1 aliphatic rings. The summed E-state index contributed by atoms with van der Waals surface area (Å²) in [6.07, 6.45) is 6.51. The number of aromatic nitrogens is 2. The molecule has 1 aromatic heterocycles. The number of ether oxygens (including phenoxy) is 1. The molecule has 3 N–H and O–H groups in total. The SMILES string of the molecule is CCCCCNc1ccc(CC(NC(=O)OC(C)(C)C)C(=O)N2C=Cn3c(nc(-c4ccc(F)cc4)c3Nc3ccc(C)cc3)C2)cc1. The van der Waals surface area contributed by atoms with Crippen molar-refractivity contribution in [3.63, 3.8) is 0 Å². The predicted octanol–water partition coefficient (Wildman–Crippen LogP) is 8.25. The molecule has 0 aliphatic carbocycles. The highest BCUT2D eigenvalue weighted by Gasteiger charge is 2.31. The lowest BCUT2D eigenvalue weighted by Gasteiger charge is -2.28. The van der Waals surface area contributed by atoms with Crippen molar-refractivity contribution in [3.05, 3.63) is 102 Å². The lowest BCUT2D eigenvalue weighted by Crippen LogP contribution is -2.49. The minimum Gasteiger partial charge on any atom is -0.444 e. The van der Waals surface area contributed by atoms with Crippen LogP contribution in [0.4, 0.5) is 26.4 Å². The molecule has 0 spiro atoms. The maximum absolute atomic E-state index is 14.1. The molecule has 5 rings (SSSR count). The van der Waals surface area contributed by atoms with E-state index in [1.54, 1.807) is 50.2 Å². The number of aryl methyl sites for hydroxylation is 1. The number of hydrogen-bond acceptors (Lipinski definition) is 6. The van der Waals surface area contributed by atoms with Gasteiger partial charge in [-0.15, -0.1) is 0 Å². The van der Waals surface area contributed by atoms with Crippen LogP contribution >= 0.6 is 0 Å². The van der Waals surface area contributed by atoms with E-state index in [-0.39, 0.29) is 24.7 Å². The molecule has 0 radical (unpaired) electrons. The van der Waals surface area contributed by atoms with E-state index in [0.717, 1.165) is 47.5 Å². The third kappa shape index (κ3) is 9.02. The summed E-state index contributed by atoms with van der Waals surface area (Å²) < 4.78 is 21.2. The first-order chi connectivity index (χ1) is 23.0. The van der Waals surface area contributed by atoms with Gasteiger partial charge >= 0.3 is 6.09 Å². The van der Waals surface area contributed by atoms with E-state index in [1.165, 1.54) is 18.6 Å². The number of nitrogens with one attached hydrogen (secondary N) is 3. The number of alkyl carbamates (subject to hydrolysis) is 1. The molecule has 0 bridgehead atoms. The van der Waals surface area contributed by atoms with Crippen molar-refractivity contribution in [3.8, 4) is 11.3 Å². The molecule has 0 saturated heterocycles. The molecular weight excluding hydrogens is 607 g/mol. The Kier molecular flexibility index (Phi) is 10.8. The number of imidazole rings is 1. The number of rotatable bonds is 12. The molecule has 0 saturated carbocycles. The van der Waals surface area contributed by atoms with E-state index >= 15 is 0 Å². The first-order valence-electron chi connectivity index (χ1n) is 16.5. The van der Waals surface area contributed by atoms with E-state index in [4.69, 9.17) is 9.72 Å². The van der Waals surface area contributed by atoms with Crippen LogP contribution in [0.25, 0.3) is 17.5 Å². The zero-order chi connectivity index (χ0) is 34.3. The van der Waals surface area contributed by atoms with E-state index in [0.29, 0.717) is 17.3 Å². The number of fused-ring (bicyclic) bond motifs is 1. The summed E-state index contributed by atoms with van der Waals surface area (Å²) >= 11 is 0. The highest BCUT2D eigenvalue weighted by molar-refractivity contribution is 5.88. The van der Waals surface area contributed by atoms with Crippen molar-refractivity contribution in [1.29, 1.82) is 0 Å². The number of amides is 2. The van der Waals surface area contributed by atoms with Gasteiger partial charge in [0.2, 0.25) is 5.91 Å². The fraction of sp³-hybridized carbons (Fsp3) is 0.342. The van der Waals surface area contributed by atoms with Gasteiger partial charge in [-0.05, 0) is 88.2 Å². The highest BCUT2D eigenvalue weighted by atomic mass is 19.1. The third-order valence-electron chi connectivity index (χ3n) is 7.90.